The molecule has 1 aromatic heterocycles. The van der Waals surface area contributed by atoms with Crippen LogP contribution in [0.3, 0.4) is 0 Å². The molecule has 3 rings (SSSR count). The first-order valence-corrected chi connectivity index (χ1v) is 10.6. The molecule has 1 saturated heterocycles. The zero-order chi connectivity index (χ0) is 18.9. The van der Waals surface area contributed by atoms with Gasteiger partial charge >= 0.3 is 0 Å². The molecule has 6 nitrogen and oxygen atoms in total. The van der Waals surface area contributed by atoms with Crippen molar-refractivity contribution in [2.45, 2.75) is 4.90 Å². The number of nitriles is 1. The fourth-order valence-corrected chi connectivity index (χ4v) is 5.72. The molecule has 10 heteroatoms. The SMILES string of the molecule is N#Cc1ccccc1S(=O)(=O)N1CCN(C(=O)c2cc(Cl)sc2Cl)CC1. The van der Waals surface area contributed by atoms with Crippen molar-refractivity contribution in [3.63, 3.8) is 0 Å². The number of halogens is 2. The van der Waals surface area contributed by atoms with E-state index in [1.807, 2.05) is 6.07 Å². The molecule has 0 unspecified atom stereocenters. The van der Waals surface area contributed by atoms with E-state index in [4.69, 9.17) is 28.5 Å². The van der Waals surface area contributed by atoms with Gasteiger partial charge in [0.2, 0.25) is 10.0 Å². The van der Waals surface area contributed by atoms with Crippen LogP contribution in [0.15, 0.2) is 35.2 Å². The van der Waals surface area contributed by atoms with Crippen molar-refractivity contribution in [1.82, 2.24) is 9.21 Å². The van der Waals surface area contributed by atoms with E-state index >= 15 is 0 Å². The number of sulfonamides is 1. The van der Waals surface area contributed by atoms with E-state index < -0.39 is 10.0 Å². The number of carbonyl (C=O) groups is 1. The predicted molar refractivity (Wildman–Crippen MR) is 100 cm³/mol. The molecule has 1 aliphatic heterocycles. The molecule has 2 heterocycles. The lowest BCUT2D eigenvalue weighted by atomic mass is 10.2. The monoisotopic (exact) mass is 429 g/mol. The van der Waals surface area contributed by atoms with Crippen molar-refractivity contribution in [3.8, 4) is 6.07 Å². The van der Waals surface area contributed by atoms with E-state index in [0.29, 0.717) is 14.2 Å². The minimum atomic E-state index is -3.79. The molecule has 0 aliphatic carbocycles. The quantitative estimate of drug-likeness (QED) is 0.750. The Hall–Kier alpha value is -1.63. The Kier molecular flexibility index (Phi) is 5.55. The summed E-state index contributed by atoms with van der Waals surface area (Å²) in [5.41, 5.74) is 0.429. The van der Waals surface area contributed by atoms with Crippen LogP contribution < -0.4 is 0 Å². The van der Waals surface area contributed by atoms with Gasteiger partial charge in [0, 0.05) is 26.2 Å². The Bertz CT molecular complexity index is 990. The van der Waals surface area contributed by atoms with E-state index in [9.17, 15) is 13.2 Å². The summed E-state index contributed by atoms with van der Waals surface area (Å²) in [5, 5.41) is 9.14. The Balaban J connectivity index is 1.75. The van der Waals surface area contributed by atoms with Crippen LogP contribution in [-0.4, -0.2) is 49.7 Å². The molecule has 0 radical (unpaired) electrons. The molecule has 0 saturated carbocycles. The van der Waals surface area contributed by atoms with Crippen LogP contribution >= 0.6 is 34.5 Å². The van der Waals surface area contributed by atoms with Gasteiger partial charge in [-0.2, -0.15) is 9.57 Å². The summed E-state index contributed by atoms with van der Waals surface area (Å²) in [5.74, 6) is -0.271. The smallest absolute Gasteiger partial charge is 0.256 e. The Morgan fingerprint density at radius 2 is 1.81 bits per heavy atom. The van der Waals surface area contributed by atoms with Gasteiger partial charge in [0.15, 0.2) is 0 Å². The Morgan fingerprint density at radius 3 is 2.38 bits per heavy atom. The molecule has 1 amide bonds. The number of hydrogen-bond donors (Lipinski definition) is 0. The first-order chi connectivity index (χ1) is 12.3. The van der Waals surface area contributed by atoms with E-state index in [0.717, 1.165) is 11.3 Å². The van der Waals surface area contributed by atoms with Gasteiger partial charge in [-0.15, -0.1) is 11.3 Å². The summed E-state index contributed by atoms with van der Waals surface area (Å²) in [6.45, 7) is 0.750. The van der Waals surface area contributed by atoms with Crippen molar-refractivity contribution < 1.29 is 13.2 Å². The summed E-state index contributed by atoms with van der Waals surface area (Å²) >= 11 is 13.0. The summed E-state index contributed by atoms with van der Waals surface area (Å²) in [6.07, 6.45) is 0. The predicted octanol–water partition coefficient (Wildman–Crippen LogP) is 3.07. The van der Waals surface area contributed by atoms with Crippen molar-refractivity contribution in [2.24, 2.45) is 0 Å². The van der Waals surface area contributed by atoms with Crippen LogP contribution in [0.25, 0.3) is 0 Å². The number of amides is 1. The number of hydrogen-bond acceptors (Lipinski definition) is 5. The maximum atomic E-state index is 12.8. The molecule has 26 heavy (non-hydrogen) atoms. The molecule has 0 bridgehead atoms. The number of carbonyl (C=O) groups excluding carboxylic acids is 1. The summed E-state index contributed by atoms with van der Waals surface area (Å²) < 4.78 is 27.6. The van der Waals surface area contributed by atoms with Crippen molar-refractivity contribution in [3.05, 3.63) is 50.1 Å². The van der Waals surface area contributed by atoms with Crippen LogP contribution in [0, 0.1) is 11.3 Å². The van der Waals surface area contributed by atoms with Crippen LogP contribution in [0.4, 0.5) is 0 Å². The van der Waals surface area contributed by atoms with Gasteiger partial charge in [0.05, 0.1) is 20.4 Å². The van der Waals surface area contributed by atoms with Crippen molar-refractivity contribution >= 4 is 50.5 Å². The summed E-state index contributed by atoms with van der Waals surface area (Å²) in [6, 6.07) is 9.50. The second-order valence-electron chi connectivity index (χ2n) is 5.54. The Morgan fingerprint density at radius 1 is 1.15 bits per heavy atom. The molecule has 0 spiro atoms. The van der Waals surface area contributed by atoms with Crippen molar-refractivity contribution in [1.29, 1.82) is 5.26 Å². The van der Waals surface area contributed by atoms with E-state index in [1.54, 1.807) is 17.0 Å². The number of rotatable bonds is 3. The number of piperazine rings is 1. The van der Waals surface area contributed by atoms with Crippen molar-refractivity contribution in [2.75, 3.05) is 26.2 Å². The Labute approximate surface area is 165 Å². The van der Waals surface area contributed by atoms with Crippen LogP contribution in [0.1, 0.15) is 15.9 Å². The number of nitrogens with zero attached hydrogens (tertiary/aromatic N) is 3. The van der Waals surface area contributed by atoms with Gasteiger partial charge in [-0.3, -0.25) is 4.79 Å². The number of thiophene rings is 1. The fraction of sp³-hybridized carbons (Fsp3) is 0.250. The van der Waals surface area contributed by atoms with Gasteiger partial charge in [0.1, 0.15) is 10.4 Å². The minimum Gasteiger partial charge on any atom is -0.336 e. The molecule has 0 atom stereocenters. The lowest BCUT2D eigenvalue weighted by Gasteiger charge is -2.34. The molecule has 1 aromatic carbocycles. The maximum Gasteiger partial charge on any atom is 0.256 e. The highest BCUT2D eigenvalue weighted by molar-refractivity contribution is 7.89. The first kappa shape index (κ1) is 19.1. The highest BCUT2D eigenvalue weighted by Gasteiger charge is 2.32. The van der Waals surface area contributed by atoms with Gasteiger partial charge in [-0.1, -0.05) is 35.3 Å². The maximum absolute atomic E-state index is 12.8. The molecule has 0 N–H and O–H groups in total. The molecular weight excluding hydrogens is 417 g/mol. The third-order valence-corrected chi connectivity index (χ3v) is 7.48. The lowest BCUT2D eigenvalue weighted by Crippen LogP contribution is -2.50. The van der Waals surface area contributed by atoms with Crippen LogP contribution in [0.2, 0.25) is 8.67 Å². The standard InChI is InChI=1S/C16H13Cl2N3O3S2/c17-14-9-12(15(18)25-14)16(22)20-5-7-21(8-6-20)26(23,24)13-4-2-1-3-11(13)10-19/h1-4,9H,5-8H2. The average molecular weight is 430 g/mol. The van der Waals surface area contributed by atoms with Gasteiger partial charge < -0.3 is 4.90 Å². The van der Waals surface area contributed by atoms with E-state index in [2.05, 4.69) is 0 Å². The average Bonchev–Trinajstić information content (AvgIpc) is 2.99. The first-order valence-electron chi connectivity index (χ1n) is 7.58. The summed E-state index contributed by atoms with van der Waals surface area (Å²) in [7, 11) is -3.79. The molecule has 136 valence electrons. The largest absolute Gasteiger partial charge is 0.336 e. The third-order valence-electron chi connectivity index (χ3n) is 4.04. The lowest BCUT2D eigenvalue weighted by molar-refractivity contribution is 0.0698. The van der Waals surface area contributed by atoms with Gasteiger partial charge in [-0.25, -0.2) is 8.42 Å². The number of benzene rings is 1. The third kappa shape index (κ3) is 3.59. The van der Waals surface area contributed by atoms with Crippen LogP contribution in [-0.2, 0) is 10.0 Å². The highest BCUT2D eigenvalue weighted by Crippen LogP contribution is 2.32. The van der Waals surface area contributed by atoms with Gasteiger partial charge in [-0.05, 0) is 18.2 Å². The second kappa shape index (κ2) is 7.55. The molecular formula is C16H13Cl2N3O3S2. The molecule has 1 fully saturated rings. The summed E-state index contributed by atoms with van der Waals surface area (Å²) in [4.78, 5) is 14.1. The fourth-order valence-electron chi connectivity index (χ4n) is 2.71. The van der Waals surface area contributed by atoms with E-state index in [1.165, 1.54) is 22.5 Å². The topological polar surface area (TPSA) is 81.5 Å². The highest BCUT2D eigenvalue weighted by atomic mass is 35.5. The zero-order valence-corrected chi connectivity index (χ0v) is 16.5. The second-order valence-corrected chi connectivity index (χ2v) is 9.73. The molecule has 2 aromatic rings. The molecule has 1 aliphatic rings. The minimum absolute atomic E-state index is 0.0186. The van der Waals surface area contributed by atoms with Gasteiger partial charge in [0.25, 0.3) is 5.91 Å². The zero-order valence-electron chi connectivity index (χ0n) is 13.4. The van der Waals surface area contributed by atoms with Crippen LogP contribution in [0.5, 0.6) is 0 Å². The van der Waals surface area contributed by atoms with E-state index in [-0.39, 0.29) is 42.5 Å². The normalized spacial score (nSPS) is 15.7.